The molecule has 168 valence electrons. The van der Waals surface area contributed by atoms with Crippen LogP contribution in [0.1, 0.15) is 22.6 Å². The molecule has 0 spiro atoms. The summed E-state index contributed by atoms with van der Waals surface area (Å²) < 4.78 is 5.35. The molecule has 3 aromatic carbocycles. The molecule has 0 radical (unpaired) electrons. The van der Waals surface area contributed by atoms with Gasteiger partial charge in [0, 0.05) is 25.6 Å². The lowest BCUT2D eigenvalue weighted by Gasteiger charge is -2.26. The third kappa shape index (κ3) is 4.69. The van der Waals surface area contributed by atoms with Gasteiger partial charge in [-0.2, -0.15) is 0 Å². The van der Waals surface area contributed by atoms with Crippen molar-refractivity contribution >= 4 is 12.0 Å². The van der Waals surface area contributed by atoms with E-state index in [1.54, 1.807) is 0 Å². The lowest BCUT2D eigenvalue weighted by atomic mass is 9.87. The van der Waals surface area contributed by atoms with E-state index in [1.807, 2.05) is 66.7 Å². The second-order valence-electron chi connectivity index (χ2n) is 8.93. The van der Waals surface area contributed by atoms with Crippen LogP contribution in [0.15, 0.2) is 91.0 Å². The number of cyclic esters (lactones) is 1. The fourth-order valence-electron chi connectivity index (χ4n) is 5.09. The molecule has 0 aliphatic carbocycles. The van der Waals surface area contributed by atoms with E-state index in [9.17, 15) is 9.59 Å². The van der Waals surface area contributed by atoms with Crippen LogP contribution in [0.25, 0.3) is 0 Å². The standard InChI is InChI=1S/C28H28N2O3/c31-27(30-24(20-33-28(30)32)16-21-10-4-1-5-11-21)26-19-29(17-22-12-6-2-7-13-22)18-25(26)23-14-8-3-9-15-23/h1-15,24-26H,16-20H2/t24?,25-,26?/m1/s1. The van der Waals surface area contributed by atoms with Gasteiger partial charge in [0.05, 0.1) is 12.0 Å². The second-order valence-corrected chi connectivity index (χ2v) is 8.93. The van der Waals surface area contributed by atoms with Crippen LogP contribution in [0.2, 0.25) is 0 Å². The number of imide groups is 1. The Morgan fingerprint density at radius 1 is 0.818 bits per heavy atom. The molecule has 2 unspecified atom stereocenters. The Balaban J connectivity index is 1.39. The van der Waals surface area contributed by atoms with Crippen molar-refractivity contribution in [2.45, 2.75) is 24.9 Å². The first-order chi connectivity index (χ1) is 16.2. The maximum absolute atomic E-state index is 13.8. The number of benzene rings is 3. The summed E-state index contributed by atoms with van der Waals surface area (Å²) in [6, 6.07) is 30.2. The number of likely N-dealkylation sites (tertiary alicyclic amines) is 1. The van der Waals surface area contributed by atoms with Gasteiger partial charge in [0.1, 0.15) is 6.61 Å². The van der Waals surface area contributed by atoms with E-state index in [-0.39, 0.29) is 30.4 Å². The zero-order valence-corrected chi connectivity index (χ0v) is 18.5. The van der Waals surface area contributed by atoms with Crippen molar-refractivity contribution in [2.75, 3.05) is 19.7 Å². The molecule has 3 atom stereocenters. The van der Waals surface area contributed by atoms with E-state index in [0.717, 1.165) is 24.2 Å². The number of nitrogens with zero attached hydrogens (tertiary/aromatic N) is 2. The molecule has 5 rings (SSSR count). The van der Waals surface area contributed by atoms with Crippen molar-refractivity contribution in [1.29, 1.82) is 0 Å². The van der Waals surface area contributed by atoms with Crippen molar-refractivity contribution in [3.05, 3.63) is 108 Å². The smallest absolute Gasteiger partial charge is 0.416 e. The molecule has 2 amide bonds. The average Bonchev–Trinajstić information content (AvgIpc) is 3.44. The number of amides is 2. The van der Waals surface area contributed by atoms with Crippen LogP contribution in [0, 0.1) is 5.92 Å². The molecule has 2 heterocycles. The third-order valence-electron chi connectivity index (χ3n) is 6.70. The number of carbonyl (C=O) groups excluding carboxylic acids is 2. The second kappa shape index (κ2) is 9.59. The zero-order valence-electron chi connectivity index (χ0n) is 18.5. The lowest BCUT2D eigenvalue weighted by Crippen LogP contribution is -2.45. The lowest BCUT2D eigenvalue weighted by molar-refractivity contribution is -0.133. The minimum Gasteiger partial charge on any atom is -0.447 e. The van der Waals surface area contributed by atoms with E-state index < -0.39 is 6.09 Å². The summed E-state index contributed by atoms with van der Waals surface area (Å²) in [7, 11) is 0. The van der Waals surface area contributed by atoms with Crippen LogP contribution in [0.4, 0.5) is 4.79 Å². The Kier molecular flexibility index (Phi) is 6.22. The van der Waals surface area contributed by atoms with Gasteiger partial charge >= 0.3 is 6.09 Å². The number of rotatable bonds is 6. The highest BCUT2D eigenvalue weighted by molar-refractivity contribution is 5.95. The highest BCUT2D eigenvalue weighted by Gasteiger charge is 2.46. The normalized spacial score (nSPS) is 23.0. The monoisotopic (exact) mass is 440 g/mol. The molecule has 2 saturated heterocycles. The van der Waals surface area contributed by atoms with Crippen LogP contribution in [0.5, 0.6) is 0 Å². The summed E-state index contributed by atoms with van der Waals surface area (Å²) in [5.41, 5.74) is 3.45. The van der Waals surface area contributed by atoms with E-state index in [0.29, 0.717) is 13.0 Å². The molecule has 3 aromatic rings. The number of hydrogen-bond acceptors (Lipinski definition) is 4. The highest BCUT2D eigenvalue weighted by atomic mass is 16.6. The van der Waals surface area contributed by atoms with Crippen LogP contribution in [-0.4, -0.2) is 47.5 Å². The molecule has 5 heteroatoms. The zero-order chi connectivity index (χ0) is 22.6. The highest BCUT2D eigenvalue weighted by Crippen LogP contribution is 2.36. The van der Waals surface area contributed by atoms with Crippen LogP contribution < -0.4 is 0 Å². The molecule has 0 N–H and O–H groups in total. The molecular weight excluding hydrogens is 412 g/mol. The Morgan fingerprint density at radius 3 is 2.09 bits per heavy atom. The first kappa shape index (κ1) is 21.4. The molecular formula is C28H28N2O3. The van der Waals surface area contributed by atoms with Crippen LogP contribution in [-0.2, 0) is 22.5 Å². The molecule has 2 fully saturated rings. The van der Waals surface area contributed by atoms with E-state index in [1.165, 1.54) is 10.5 Å². The summed E-state index contributed by atoms with van der Waals surface area (Å²) in [5.74, 6) is -0.379. The van der Waals surface area contributed by atoms with Crippen molar-refractivity contribution < 1.29 is 14.3 Å². The topological polar surface area (TPSA) is 49.9 Å². The van der Waals surface area contributed by atoms with Gasteiger partial charge in [0.2, 0.25) is 5.91 Å². The molecule has 5 nitrogen and oxygen atoms in total. The van der Waals surface area contributed by atoms with Crippen molar-refractivity contribution in [3.8, 4) is 0 Å². The molecule has 2 aliphatic rings. The summed E-state index contributed by atoms with van der Waals surface area (Å²) in [6.07, 6.45) is 0.0867. The third-order valence-corrected chi connectivity index (χ3v) is 6.70. The predicted molar refractivity (Wildman–Crippen MR) is 127 cm³/mol. The van der Waals surface area contributed by atoms with Gasteiger partial charge in [-0.05, 0) is 23.1 Å². The SMILES string of the molecule is O=C1OCC(Cc2ccccc2)N1C(=O)C1CN(Cc2ccccc2)C[C@@H]1c1ccccc1. The quantitative estimate of drug-likeness (QED) is 0.567. The van der Waals surface area contributed by atoms with Crippen molar-refractivity contribution in [2.24, 2.45) is 5.92 Å². The van der Waals surface area contributed by atoms with Crippen LogP contribution >= 0.6 is 0 Å². The van der Waals surface area contributed by atoms with Gasteiger partial charge in [0.15, 0.2) is 0 Å². The predicted octanol–water partition coefficient (Wildman–Crippen LogP) is 4.49. The summed E-state index contributed by atoms with van der Waals surface area (Å²) in [6.45, 7) is 2.43. The maximum Gasteiger partial charge on any atom is 0.416 e. The fourth-order valence-corrected chi connectivity index (χ4v) is 5.09. The van der Waals surface area contributed by atoms with Crippen molar-refractivity contribution in [3.63, 3.8) is 0 Å². The molecule has 0 saturated carbocycles. The Bertz CT molecular complexity index is 1090. The van der Waals surface area contributed by atoms with E-state index in [4.69, 9.17) is 4.74 Å². The maximum atomic E-state index is 13.8. The van der Waals surface area contributed by atoms with E-state index in [2.05, 4.69) is 29.2 Å². The van der Waals surface area contributed by atoms with Gasteiger partial charge in [-0.25, -0.2) is 9.69 Å². The number of ether oxygens (including phenoxy) is 1. The van der Waals surface area contributed by atoms with Gasteiger partial charge in [-0.1, -0.05) is 91.0 Å². The Labute approximate surface area is 194 Å². The first-order valence-electron chi connectivity index (χ1n) is 11.5. The minimum atomic E-state index is -0.519. The van der Waals surface area contributed by atoms with E-state index >= 15 is 0 Å². The number of carbonyl (C=O) groups is 2. The fraction of sp³-hybridized carbons (Fsp3) is 0.286. The molecule has 33 heavy (non-hydrogen) atoms. The molecule has 0 bridgehead atoms. The minimum absolute atomic E-state index is 0.0354. The first-order valence-corrected chi connectivity index (χ1v) is 11.5. The van der Waals surface area contributed by atoms with Gasteiger partial charge in [-0.3, -0.25) is 9.69 Å². The van der Waals surface area contributed by atoms with Crippen LogP contribution in [0.3, 0.4) is 0 Å². The van der Waals surface area contributed by atoms with Gasteiger partial charge in [-0.15, -0.1) is 0 Å². The average molecular weight is 441 g/mol. The summed E-state index contributed by atoms with van der Waals surface area (Å²) in [5, 5.41) is 0. The van der Waals surface area contributed by atoms with Crippen molar-refractivity contribution in [1.82, 2.24) is 9.80 Å². The molecule has 0 aromatic heterocycles. The van der Waals surface area contributed by atoms with Gasteiger partial charge < -0.3 is 4.74 Å². The Morgan fingerprint density at radius 2 is 1.42 bits per heavy atom. The summed E-state index contributed by atoms with van der Waals surface area (Å²) in [4.78, 5) is 30.2. The Hall–Kier alpha value is -3.44. The van der Waals surface area contributed by atoms with Gasteiger partial charge in [0.25, 0.3) is 0 Å². The number of hydrogen-bond donors (Lipinski definition) is 0. The summed E-state index contributed by atoms with van der Waals surface area (Å²) >= 11 is 0. The molecule has 2 aliphatic heterocycles. The largest absolute Gasteiger partial charge is 0.447 e.